The highest BCUT2D eigenvalue weighted by atomic mass is 32.1. The van der Waals surface area contributed by atoms with Gasteiger partial charge in [0.1, 0.15) is 0 Å². The molecule has 0 bridgehead atoms. The van der Waals surface area contributed by atoms with E-state index in [2.05, 4.69) is 22.1 Å². The SMILES string of the molecule is CC(NCc1ccsc1)C(=O)NC(C)(C)C. The molecule has 1 atom stereocenters. The number of carbonyl (C=O) groups excluding carboxylic acids is 1. The lowest BCUT2D eigenvalue weighted by atomic mass is 10.1. The van der Waals surface area contributed by atoms with Gasteiger partial charge in [0, 0.05) is 12.1 Å². The molecule has 0 saturated carbocycles. The van der Waals surface area contributed by atoms with E-state index in [4.69, 9.17) is 0 Å². The van der Waals surface area contributed by atoms with Crippen molar-refractivity contribution in [2.75, 3.05) is 0 Å². The Bertz CT molecular complexity index is 327. The van der Waals surface area contributed by atoms with E-state index in [1.165, 1.54) is 5.56 Å². The molecule has 3 nitrogen and oxygen atoms in total. The molecule has 1 aromatic rings. The van der Waals surface area contributed by atoms with Gasteiger partial charge in [-0.05, 0) is 50.1 Å². The van der Waals surface area contributed by atoms with Crippen LogP contribution in [0.5, 0.6) is 0 Å². The second-order valence-corrected chi connectivity index (χ2v) is 5.75. The summed E-state index contributed by atoms with van der Waals surface area (Å²) in [5.41, 5.74) is 1.05. The third kappa shape index (κ3) is 4.77. The first-order chi connectivity index (χ1) is 7.38. The number of carbonyl (C=O) groups is 1. The molecule has 90 valence electrons. The maximum atomic E-state index is 11.7. The van der Waals surface area contributed by atoms with E-state index in [0.717, 1.165) is 6.54 Å². The van der Waals surface area contributed by atoms with E-state index in [0.29, 0.717) is 0 Å². The molecule has 16 heavy (non-hydrogen) atoms. The van der Waals surface area contributed by atoms with Crippen LogP contribution in [0.4, 0.5) is 0 Å². The Kier molecular flexibility index (Phi) is 4.50. The predicted molar refractivity (Wildman–Crippen MR) is 68.5 cm³/mol. The zero-order chi connectivity index (χ0) is 12.2. The van der Waals surface area contributed by atoms with Crippen LogP contribution in [0.3, 0.4) is 0 Å². The molecule has 0 aliphatic rings. The van der Waals surface area contributed by atoms with Crippen molar-refractivity contribution in [2.45, 2.75) is 45.8 Å². The van der Waals surface area contributed by atoms with Crippen LogP contribution in [-0.4, -0.2) is 17.5 Å². The third-order valence-corrected chi connectivity index (χ3v) is 2.82. The molecule has 0 aromatic carbocycles. The van der Waals surface area contributed by atoms with Gasteiger partial charge in [0.2, 0.25) is 5.91 Å². The molecule has 1 amide bonds. The van der Waals surface area contributed by atoms with Gasteiger partial charge >= 0.3 is 0 Å². The average molecular weight is 240 g/mol. The monoisotopic (exact) mass is 240 g/mol. The molecular weight excluding hydrogens is 220 g/mol. The highest BCUT2D eigenvalue weighted by molar-refractivity contribution is 7.07. The van der Waals surface area contributed by atoms with Crippen molar-refractivity contribution >= 4 is 17.2 Å². The lowest BCUT2D eigenvalue weighted by Crippen LogP contribution is -2.49. The lowest BCUT2D eigenvalue weighted by Gasteiger charge is -2.23. The highest BCUT2D eigenvalue weighted by Crippen LogP contribution is 2.05. The molecule has 4 heteroatoms. The number of thiophene rings is 1. The van der Waals surface area contributed by atoms with Crippen molar-refractivity contribution in [3.63, 3.8) is 0 Å². The van der Waals surface area contributed by atoms with E-state index in [-0.39, 0.29) is 17.5 Å². The van der Waals surface area contributed by atoms with Gasteiger partial charge in [-0.2, -0.15) is 11.3 Å². The molecule has 1 aromatic heterocycles. The van der Waals surface area contributed by atoms with Crippen molar-refractivity contribution in [3.05, 3.63) is 22.4 Å². The Morgan fingerprint density at radius 3 is 2.69 bits per heavy atom. The molecule has 0 radical (unpaired) electrons. The second kappa shape index (κ2) is 5.46. The van der Waals surface area contributed by atoms with Crippen LogP contribution in [0.25, 0.3) is 0 Å². The Morgan fingerprint density at radius 2 is 2.19 bits per heavy atom. The van der Waals surface area contributed by atoms with Gasteiger partial charge < -0.3 is 10.6 Å². The fourth-order valence-corrected chi connectivity index (χ4v) is 1.90. The predicted octanol–water partition coefficient (Wildman–Crippen LogP) is 2.14. The Labute approximate surface area is 101 Å². The first-order valence-corrected chi connectivity index (χ1v) is 6.39. The molecule has 1 rings (SSSR count). The first kappa shape index (κ1) is 13.2. The van der Waals surface area contributed by atoms with Crippen molar-refractivity contribution in [1.29, 1.82) is 0 Å². The molecule has 0 saturated heterocycles. The number of nitrogens with one attached hydrogen (secondary N) is 2. The normalized spacial score (nSPS) is 13.5. The standard InChI is InChI=1S/C12H20N2OS/c1-9(11(15)14-12(2,3)4)13-7-10-5-6-16-8-10/h5-6,8-9,13H,7H2,1-4H3,(H,14,15). The fraction of sp³-hybridized carbons (Fsp3) is 0.583. The van der Waals surface area contributed by atoms with Gasteiger partial charge in [0.25, 0.3) is 0 Å². The van der Waals surface area contributed by atoms with Gasteiger partial charge in [-0.3, -0.25) is 4.79 Å². The Hall–Kier alpha value is -0.870. The van der Waals surface area contributed by atoms with Gasteiger partial charge in [0.05, 0.1) is 6.04 Å². The van der Waals surface area contributed by atoms with Gasteiger partial charge in [-0.15, -0.1) is 0 Å². The summed E-state index contributed by atoms with van der Waals surface area (Å²) in [7, 11) is 0. The van der Waals surface area contributed by atoms with Crippen molar-refractivity contribution < 1.29 is 4.79 Å². The van der Waals surface area contributed by atoms with E-state index < -0.39 is 0 Å². The quantitative estimate of drug-likeness (QED) is 0.846. The first-order valence-electron chi connectivity index (χ1n) is 5.45. The van der Waals surface area contributed by atoms with Gasteiger partial charge in [0.15, 0.2) is 0 Å². The summed E-state index contributed by atoms with van der Waals surface area (Å²) >= 11 is 1.67. The summed E-state index contributed by atoms with van der Waals surface area (Å²) < 4.78 is 0. The summed E-state index contributed by atoms with van der Waals surface area (Å²) in [5, 5.41) is 10.3. The minimum Gasteiger partial charge on any atom is -0.350 e. The summed E-state index contributed by atoms with van der Waals surface area (Å²) in [6.07, 6.45) is 0. The van der Waals surface area contributed by atoms with Crippen LogP contribution in [0, 0.1) is 0 Å². The van der Waals surface area contributed by atoms with E-state index in [1.54, 1.807) is 11.3 Å². The molecule has 0 aliphatic carbocycles. The van der Waals surface area contributed by atoms with Gasteiger partial charge in [-0.25, -0.2) is 0 Å². The number of amides is 1. The summed E-state index contributed by atoms with van der Waals surface area (Å²) in [6, 6.07) is 1.89. The third-order valence-electron chi connectivity index (χ3n) is 2.08. The van der Waals surface area contributed by atoms with Crippen LogP contribution in [-0.2, 0) is 11.3 Å². The van der Waals surface area contributed by atoms with Crippen molar-refractivity contribution in [2.24, 2.45) is 0 Å². The van der Waals surface area contributed by atoms with Gasteiger partial charge in [-0.1, -0.05) is 0 Å². The summed E-state index contributed by atoms with van der Waals surface area (Å²) in [6.45, 7) is 8.57. The van der Waals surface area contributed by atoms with Crippen LogP contribution in [0.15, 0.2) is 16.8 Å². The molecule has 2 N–H and O–H groups in total. The molecule has 0 aliphatic heterocycles. The van der Waals surface area contributed by atoms with Crippen molar-refractivity contribution in [1.82, 2.24) is 10.6 Å². The Morgan fingerprint density at radius 1 is 1.50 bits per heavy atom. The van der Waals surface area contributed by atoms with E-state index in [1.807, 2.05) is 33.1 Å². The number of hydrogen-bond acceptors (Lipinski definition) is 3. The van der Waals surface area contributed by atoms with Crippen LogP contribution in [0.2, 0.25) is 0 Å². The molecule has 1 heterocycles. The topological polar surface area (TPSA) is 41.1 Å². The zero-order valence-electron chi connectivity index (χ0n) is 10.3. The number of hydrogen-bond donors (Lipinski definition) is 2. The highest BCUT2D eigenvalue weighted by Gasteiger charge is 2.18. The van der Waals surface area contributed by atoms with E-state index >= 15 is 0 Å². The zero-order valence-corrected chi connectivity index (χ0v) is 11.1. The lowest BCUT2D eigenvalue weighted by molar-refractivity contribution is -0.124. The minimum absolute atomic E-state index is 0.0442. The average Bonchev–Trinajstić information content (AvgIpc) is 2.63. The molecule has 1 unspecified atom stereocenters. The van der Waals surface area contributed by atoms with E-state index in [9.17, 15) is 4.79 Å². The molecular formula is C12H20N2OS. The number of rotatable bonds is 4. The fourth-order valence-electron chi connectivity index (χ4n) is 1.23. The second-order valence-electron chi connectivity index (χ2n) is 4.97. The van der Waals surface area contributed by atoms with Crippen molar-refractivity contribution in [3.8, 4) is 0 Å². The smallest absolute Gasteiger partial charge is 0.237 e. The van der Waals surface area contributed by atoms with Crippen LogP contribution in [0.1, 0.15) is 33.3 Å². The summed E-state index contributed by atoms with van der Waals surface area (Å²) in [4.78, 5) is 11.7. The molecule has 0 fully saturated rings. The molecule has 0 spiro atoms. The Balaban J connectivity index is 2.35. The summed E-state index contributed by atoms with van der Waals surface area (Å²) in [5.74, 6) is 0.0442. The van der Waals surface area contributed by atoms with Crippen LogP contribution < -0.4 is 10.6 Å². The largest absolute Gasteiger partial charge is 0.350 e. The van der Waals surface area contributed by atoms with Crippen LogP contribution >= 0.6 is 11.3 Å². The maximum Gasteiger partial charge on any atom is 0.237 e. The minimum atomic E-state index is -0.171. The maximum absolute atomic E-state index is 11.7.